The lowest BCUT2D eigenvalue weighted by molar-refractivity contribution is 0.0909. The fourth-order valence-electron chi connectivity index (χ4n) is 2.75. The van der Waals surface area contributed by atoms with Crippen molar-refractivity contribution in [1.82, 2.24) is 5.32 Å². The van der Waals surface area contributed by atoms with Gasteiger partial charge in [0.2, 0.25) is 0 Å². The highest BCUT2D eigenvalue weighted by Gasteiger charge is 2.29. The Hall–Kier alpha value is -2.28. The van der Waals surface area contributed by atoms with Crippen LogP contribution in [-0.4, -0.2) is 31.9 Å². The van der Waals surface area contributed by atoms with E-state index in [1.165, 1.54) is 0 Å². The van der Waals surface area contributed by atoms with Crippen LogP contribution in [0.25, 0.3) is 0 Å². The summed E-state index contributed by atoms with van der Waals surface area (Å²) in [7, 11) is -3.03. The molecule has 0 spiro atoms. The van der Waals surface area contributed by atoms with Gasteiger partial charge in [0.25, 0.3) is 5.91 Å². The number of hydrogen-bond acceptors (Lipinski definition) is 5. The van der Waals surface area contributed by atoms with Crippen molar-refractivity contribution in [3.63, 3.8) is 0 Å². The first-order valence-corrected chi connectivity index (χ1v) is 9.94. The van der Waals surface area contributed by atoms with Gasteiger partial charge in [-0.2, -0.15) is 0 Å². The van der Waals surface area contributed by atoms with Crippen molar-refractivity contribution in [2.24, 2.45) is 0 Å². The molecule has 1 aliphatic heterocycles. The van der Waals surface area contributed by atoms with Crippen molar-refractivity contribution >= 4 is 15.7 Å². The molecule has 0 unspecified atom stereocenters. The van der Waals surface area contributed by atoms with Gasteiger partial charge in [0.05, 0.1) is 11.5 Å². The Kier molecular flexibility index (Phi) is 4.85. The molecule has 6 nitrogen and oxygen atoms in total. The highest BCUT2D eigenvalue weighted by Crippen LogP contribution is 2.21. The number of nitrogens with one attached hydrogen (secondary N) is 1. The van der Waals surface area contributed by atoms with E-state index in [1.807, 2.05) is 32.0 Å². The lowest BCUT2D eigenvalue weighted by Gasteiger charge is -2.09. The molecule has 0 bridgehead atoms. The molecule has 2 heterocycles. The van der Waals surface area contributed by atoms with Crippen LogP contribution < -0.4 is 10.1 Å². The number of benzene rings is 1. The van der Waals surface area contributed by atoms with Crippen LogP contribution in [0, 0.1) is 13.8 Å². The lowest BCUT2D eigenvalue weighted by atomic mass is 10.1. The molecule has 0 radical (unpaired) electrons. The number of amides is 1. The normalized spacial score (nSPS) is 18.9. The molecule has 3 rings (SSSR count). The summed E-state index contributed by atoms with van der Waals surface area (Å²) >= 11 is 0. The SMILES string of the molecule is Cc1ccc(C)c(OCc2ccc(C(=O)N[C@@H]3CCS(=O)(=O)C3)o2)c1. The number of furan rings is 1. The Bertz CT molecular complexity index is 885. The number of carbonyl (C=O) groups is 1. The maximum absolute atomic E-state index is 12.2. The molecular formula is C18H21NO5S. The number of ether oxygens (including phenoxy) is 1. The van der Waals surface area contributed by atoms with Gasteiger partial charge >= 0.3 is 0 Å². The third-order valence-electron chi connectivity index (χ3n) is 4.17. The minimum atomic E-state index is -3.03. The summed E-state index contributed by atoms with van der Waals surface area (Å²) in [5.41, 5.74) is 2.13. The predicted molar refractivity (Wildman–Crippen MR) is 93.5 cm³/mol. The molecule has 25 heavy (non-hydrogen) atoms. The standard InChI is InChI=1S/C18H21NO5S/c1-12-3-4-13(2)17(9-12)23-10-15-5-6-16(24-15)18(20)19-14-7-8-25(21,22)11-14/h3-6,9,14H,7-8,10-11H2,1-2H3,(H,19,20)/t14-/m1/s1. The number of aryl methyl sites for hydroxylation is 2. The second-order valence-electron chi connectivity index (χ2n) is 6.40. The molecule has 0 aliphatic carbocycles. The summed E-state index contributed by atoms with van der Waals surface area (Å²) in [6.07, 6.45) is 0.442. The van der Waals surface area contributed by atoms with Crippen LogP contribution >= 0.6 is 0 Å². The fraction of sp³-hybridized carbons (Fsp3) is 0.389. The van der Waals surface area contributed by atoms with E-state index in [9.17, 15) is 13.2 Å². The topological polar surface area (TPSA) is 85.6 Å². The van der Waals surface area contributed by atoms with Crippen LogP contribution in [0.3, 0.4) is 0 Å². The largest absolute Gasteiger partial charge is 0.485 e. The average Bonchev–Trinajstić information content (AvgIpc) is 3.15. The monoisotopic (exact) mass is 363 g/mol. The summed E-state index contributed by atoms with van der Waals surface area (Å²) in [5, 5.41) is 2.70. The maximum Gasteiger partial charge on any atom is 0.287 e. The van der Waals surface area contributed by atoms with Gasteiger partial charge in [-0.1, -0.05) is 12.1 Å². The summed E-state index contributed by atoms with van der Waals surface area (Å²) in [6, 6.07) is 8.86. The second-order valence-corrected chi connectivity index (χ2v) is 8.63. The Morgan fingerprint density at radius 3 is 2.80 bits per heavy atom. The fourth-order valence-corrected chi connectivity index (χ4v) is 4.43. The first-order chi connectivity index (χ1) is 11.8. The van der Waals surface area contributed by atoms with E-state index in [1.54, 1.807) is 12.1 Å². The van der Waals surface area contributed by atoms with Crippen LogP contribution in [0.2, 0.25) is 0 Å². The Morgan fingerprint density at radius 2 is 2.08 bits per heavy atom. The van der Waals surface area contributed by atoms with Crippen LogP contribution in [-0.2, 0) is 16.4 Å². The second kappa shape index (κ2) is 6.92. The summed E-state index contributed by atoms with van der Waals surface area (Å²) < 4.78 is 34.2. The van der Waals surface area contributed by atoms with E-state index < -0.39 is 15.7 Å². The Labute approximate surface area is 147 Å². The smallest absolute Gasteiger partial charge is 0.287 e. The molecular weight excluding hydrogens is 342 g/mol. The first-order valence-electron chi connectivity index (χ1n) is 8.12. The van der Waals surface area contributed by atoms with Gasteiger partial charge in [-0.3, -0.25) is 4.79 Å². The zero-order valence-electron chi connectivity index (χ0n) is 14.2. The molecule has 1 atom stereocenters. The van der Waals surface area contributed by atoms with Gasteiger partial charge in [-0.05, 0) is 49.6 Å². The molecule has 1 fully saturated rings. The van der Waals surface area contributed by atoms with E-state index in [0.717, 1.165) is 16.9 Å². The molecule has 1 N–H and O–H groups in total. The molecule has 1 saturated heterocycles. The molecule has 1 aromatic carbocycles. The summed E-state index contributed by atoms with van der Waals surface area (Å²) in [5.74, 6) is 1.17. The average molecular weight is 363 g/mol. The predicted octanol–water partition coefficient (Wildman–Crippen LogP) is 2.39. The number of sulfone groups is 1. The maximum atomic E-state index is 12.2. The van der Waals surface area contributed by atoms with E-state index >= 15 is 0 Å². The highest BCUT2D eigenvalue weighted by atomic mass is 32.2. The quantitative estimate of drug-likeness (QED) is 0.882. The van der Waals surface area contributed by atoms with E-state index in [2.05, 4.69) is 5.32 Å². The minimum absolute atomic E-state index is 0.0119. The van der Waals surface area contributed by atoms with Crippen molar-refractivity contribution in [2.75, 3.05) is 11.5 Å². The summed E-state index contributed by atoms with van der Waals surface area (Å²) in [6.45, 7) is 4.17. The van der Waals surface area contributed by atoms with Crippen molar-refractivity contribution in [3.05, 3.63) is 53.0 Å². The molecule has 134 valence electrons. The summed E-state index contributed by atoms with van der Waals surface area (Å²) in [4.78, 5) is 12.2. The van der Waals surface area contributed by atoms with E-state index in [-0.39, 0.29) is 29.9 Å². The van der Waals surface area contributed by atoms with Gasteiger partial charge in [0.15, 0.2) is 15.6 Å². The Balaban J connectivity index is 1.58. The van der Waals surface area contributed by atoms with E-state index in [0.29, 0.717) is 12.2 Å². The van der Waals surface area contributed by atoms with Crippen LogP contribution in [0.15, 0.2) is 34.7 Å². The number of hydrogen-bond donors (Lipinski definition) is 1. The van der Waals surface area contributed by atoms with Gasteiger partial charge < -0.3 is 14.5 Å². The van der Waals surface area contributed by atoms with Crippen molar-refractivity contribution in [1.29, 1.82) is 0 Å². The van der Waals surface area contributed by atoms with E-state index in [4.69, 9.17) is 9.15 Å². The molecule has 7 heteroatoms. The molecule has 0 saturated carbocycles. The molecule has 1 aromatic heterocycles. The highest BCUT2D eigenvalue weighted by molar-refractivity contribution is 7.91. The van der Waals surface area contributed by atoms with Crippen molar-refractivity contribution in [3.8, 4) is 5.75 Å². The first kappa shape index (κ1) is 17.5. The number of rotatable bonds is 5. The Morgan fingerprint density at radius 1 is 1.28 bits per heavy atom. The number of carbonyl (C=O) groups excluding carboxylic acids is 1. The minimum Gasteiger partial charge on any atom is -0.485 e. The van der Waals surface area contributed by atoms with Crippen molar-refractivity contribution in [2.45, 2.75) is 32.9 Å². The van der Waals surface area contributed by atoms with Crippen LogP contribution in [0.4, 0.5) is 0 Å². The third-order valence-corrected chi connectivity index (χ3v) is 5.93. The lowest BCUT2D eigenvalue weighted by Crippen LogP contribution is -2.35. The molecule has 2 aromatic rings. The third kappa shape index (κ3) is 4.42. The molecule has 1 amide bonds. The molecule has 1 aliphatic rings. The van der Waals surface area contributed by atoms with Gasteiger partial charge in [-0.15, -0.1) is 0 Å². The van der Waals surface area contributed by atoms with Gasteiger partial charge in [0, 0.05) is 6.04 Å². The zero-order valence-corrected chi connectivity index (χ0v) is 15.1. The van der Waals surface area contributed by atoms with Crippen molar-refractivity contribution < 1.29 is 22.4 Å². The van der Waals surface area contributed by atoms with Crippen LogP contribution in [0.1, 0.15) is 33.9 Å². The van der Waals surface area contributed by atoms with Gasteiger partial charge in [0.1, 0.15) is 18.1 Å². The van der Waals surface area contributed by atoms with Gasteiger partial charge in [-0.25, -0.2) is 8.42 Å². The van der Waals surface area contributed by atoms with Crippen LogP contribution in [0.5, 0.6) is 5.75 Å². The zero-order chi connectivity index (χ0) is 18.0.